The average Bonchev–Trinajstić information content (AvgIpc) is 1.90. The summed E-state index contributed by atoms with van der Waals surface area (Å²) in [5, 5.41) is 0. The predicted octanol–water partition coefficient (Wildman–Crippen LogP) is -0.843. The molecule has 0 aromatic heterocycles. The minimum Gasteiger partial charge on any atom is -0.412 e. The summed E-state index contributed by atoms with van der Waals surface area (Å²) >= 11 is 0. The molecule has 1 atom stereocenters. The zero-order chi connectivity index (χ0) is 5.82. The lowest BCUT2D eigenvalue weighted by atomic mass is 9.95. The summed E-state index contributed by atoms with van der Waals surface area (Å²) in [4.78, 5) is 0. The van der Waals surface area contributed by atoms with E-state index in [1.807, 2.05) is 25.2 Å². The van der Waals surface area contributed by atoms with E-state index >= 15 is 0 Å². The van der Waals surface area contributed by atoms with Crippen molar-refractivity contribution in [2.45, 2.75) is 0 Å². The van der Waals surface area contributed by atoms with Gasteiger partial charge in [0.15, 0.2) is 7.00 Å². The van der Waals surface area contributed by atoms with Gasteiger partial charge in [0.1, 0.15) is 0 Å². The first-order valence-electron chi connectivity index (χ1n) is 2.53. The van der Waals surface area contributed by atoms with Crippen LogP contribution in [0.15, 0.2) is 30.3 Å². The number of hydrogen-bond donors (Lipinski definition) is 0. The fourth-order valence-corrected chi connectivity index (χ4v) is 0.786. The van der Waals surface area contributed by atoms with Crippen molar-refractivity contribution >= 4 is 21.6 Å². The van der Waals surface area contributed by atoms with Crippen LogP contribution in [0.5, 0.6) is 0 Å². The van der Waals surface area contributed by atoms with Crippen molar-refractivity contribution in [3.8, 4) is 0 Å². The van der Waals surface area contributed by atoms with Crippen LogP contribution in [0, 0.1) is 0 Å². The van der Waals surface area contributed by atoms with Crippen molar-refractivity contribution in [2.24, 2.45) is 0 Å². The highest BCUT2D eigenvalue weighted by atomic mass is 31.0. The summed E-state index contributed by atoms with van der Waals surface area (Å²) in [7, 11) is 2.57. The molecule has 10 heavy (non-hydrogen) atoms. The Hall–Kier alpha value is -0.365. The van der Waals surface area contributed by atoms with Gasteiger partial charge in [0, 0.05) is 0 Å². The van der Waals surface area contributed by atoms with Crippen molar-refractivity contribution in [3.05, 3.63) is 30.3 Å². The Bertz CT molecular complexity index is 157. The molecule has 4 N–H and O–H groups in total. The van der Waals surface area contributed by atoms with E-state index in [9.17, 15) is 0 Å². The van der Waals surface area contributed by atoms with Gasteiger partial charge in [0.05, 0.1) is 0 Å². The van der Waals surface area contributed by atoms with Crippen LogP contribution in [0.1, 0.15) is 0 Å². The van der Waals surface area contributed by atoms with E-state index in [0.717, 1.165) is 0 Å². The molecule has 0 aliphatic carbocycles. The summed E-state index contributed by atoms with van der Waals surface area (Å²) < 4.78 is 0. The highest BCUT2D eigenvalue weighted by molar-refractivity contribution is 7.58. The highest BCUT2D eigenvalue weighted by Crippen LogP contribution is 1.83. The predicted molar refractivity (Wildman–Crippen MR) is 48.8 cm³/mol. The van der Waals surface area contributed by atoms with Crippen molar-refractivity contribution in [1.29, 1.82) is 0 Å². The van der Waals surface area contributed by atoms with Crippen molar-refractivity contribution < 1.29 is 11.0 Å². The van der Waals surface area contributed by atoms with E-state index in [1.165, 1.54) is 5.46 Å². The molecular weight excluding hydrogens is 146 g/mol. The molecular formula is C6H11BO2P. The number of rotatable bonds is 1. The van der Waals surface area contributed by atoms with Gasteiger partial charge in [-0.05, 0) is 0 Å². The molecule has 4 heteroatoms. The van der Waals surface area contributed by atoms with Gasteiger partial charge in [-0.3, -0.25) is 0 Å². The molecule has 0 saturated heterocycles. The van der Waals surface area contributed by atoms with Gasteiger partial charge >= 0.3 is 0 Å². The lowest BCUT2D eigenvalue weighted by molar-refractivity contribution is 0.823. The first-order chi connectivity index (χ1) is 3.93. The molecule has 1 unspecified atom stereocenters. The van der Waals surface area contributed by atoms with E-state index in [0.29, 0.717) is 0 Å². The molecule has 0 aliphatic heterocycles. The fraction of sp³-hybridized carbons (Fsp3) is 0. The third-order valence-electron chi connectivity index (χ3n) is 0.992. The van der Waals surface area contributed by atoms with Gasteiger partial charge in [0.25, 0.3) is 0 Å². The van der Waals surface area contributed by atoms with Crippen molar-refractivity contribution in [3.63, 3.8) is 0 Å². The average molecular weight is 157 g/mol. The molecule has 0 spiro atoms. The molecule has 1 rings (SSSR count). The van der Waals surface area contributed by atoms with Crippen LogP contribution >= 0.6 is 9.12 Å². The van der Waals surface area contributed by atoms with Gasteiger partial charge in [0.2, 0.25) is 0 Å². The number of benzene rings is 1. The quantitative estimate of drug-likeness (QED) is 0.376. The largest absolute Gasteiger partial charge is 0.412 e. The monoisotopic (exact) mass is 157 g/mol. The molecule has 0 fully saturated rings. The summed E-state index contributed by atoms with van der Waals surface area (Å²) in [5.74, 6) is 0. The summed E-state index contributed by atoms with van der Waals surface area (Å²) in [6.07, 6.45) is 0. The van der Waals surface area contributed by atoms with Crippen LogP contribution in [0.2, 0.25) is 0 Å². The molecule has 0 heterocycles. The maximum absolute atomic E-state index is 2.57. The third-order valence-corrected chi connectivity index (χ3v) is 1.38. The van der Waals surface area contributed by atoms with E-state index in [2.05, 4.69) is 21.3 Å². The third kappa shape index (κ3) is 3.62. The Kier molecular flexibility index (Phi) is 8.32. The Labute approximate surface area is 63.7 Å². The molecule has 1 aromatic carbocycles. The van der Waals surface area contributed by atoms with Crippen LogP contribution in [0.25, 0.3) is 0 Å². The van der Waals surface area contributed by atoms with Crippen LogP contribution < -0.4 is 5.46 Å². The smallest absolute Gasteiger partial charge is 0.178 e. The Morgan fingerprint density at radius 3 is 1.80 bits per heavy atom. The van der Waals surface area contributed by atoms with E-state index in [-0.39, 0.29) is 11.0 Å². The summed E-state index contributed by atoms with van der Waals surface area (Å²) in [6.45, 7) is 2.00. The summed E-state index contributed by atoms with van der Waals surface area (Å²) in [6, 6.07) is 10.2. The molecule has 0 saturated carbocycles. The summed E-state index contributed by atoms with van der Waals surface area (Å²) in [5.41, 5.74) is 1.25. The standard InChI is InChI=1S/C6H7BP.2H2O/c8-7-6-4-2-1-3-5-6;;/h1-5H,8H2;2*1H2. The highest BCUT2D eigenvalue weighted by Gasteiger charge is 1.82. The maximum atomic E-state index is 2.57. The van der Waals surface area contributed by atoms with Crippen LogP contribution in [0.3, 0.4) is 0 Å². The van der Waals surface area contributed by atoms with E-state index < -0.39 is 0 Å². The molecule has 0 aliphatic rings. The molecule has 2 nitrogen and oxygen atoms in total. The second-order valence-corrected chi connectivity index (χ2v) is 1.91. The topological polar surface area (TPSA) is 63.0 Å². The lowest BCUT2D eigenvalue weighted by Gasteiger charge is -1.88. The molecule has 0 amide bonds. The van der Waals surface area contributed by atoms with E-state index in [1.54, 1.807) is 0 Å². The molecule has 1 aromatic rings. The lowest BCUT2D eigenvalue weighted by Crippen LogP contribution is -2.05. The molecule has 55 valence electrons. The SMILES string of the molecule is O.O.P[B]c1ccccc1. The van der Waals surface area contributed by atoms with Gasteiger partial charge in [-0.25, -0.2) is 0 Å². The van der Waals surface area contributed by atoms with Crippen LogP contribution in [-0.4, -0.2) is 18.0 Å². The second-order valence-electron chi connectivity index (χ2n) is 1.58. The van der Waals surface area contributed by atoms with Gasteiger partial charge in [-0.2, -0.15) is 9.12 Å². The van der Waals surface area contributed by atoms with E-state index in [4.69, 9.17) is 0 Å². The van der Waals surface area contributed by atoms with Crippen LogP contribution in [-0.2, 0) is 0 Å². The van der Waals surface area contributed by atoms with Gasteiger partial charge < -0.3 is 11.0 Å². The fourth-order valence-electron chi connectivity index (χ4n) is 0.564. The zero-order valence-electron chi connectivity index (χ0n) is 5.54. The van der Waals surface area contributed by atoms with Crippen molar-refractivity contribution in [1.82, 2.24) is 0 Å². The molecule has 1 radical (unpaired) electrons. The maximum Gasteiger partial charge on any atom is 0.178 e. The second kappa shape index (κ2) is 6.75. The Morgan fingerprint density at radius 2 is 1.50 bits per heavy atom. The first-order valence-corrected chi connectivity index (χ1v) is 3.20. The van der Waals surface area contributed by atoms with Gasteiger partial charge in [-0.1, -0.05) is 35.8 Å². The Morgan fingerprint density at radius 1 is 1.00 bits per heavy atom. The van der Waals surface area contributed by atoms with Gasteiger partial charge in [-0.15, -0.1) is 0 Å². The normalized spacial score (nSPS) is 6.90. The Balaban J connectivity index is 0. The van der Waals surface area contributed by atoms with Crippen molar-refractivity contribution in [2.75, 3.05) is 0 Å². The minimum absolute atomic E-state index is 0. The first kappa shape index (κ1) is 12.3. The zero-order valence-corrected chi connectivity index (χ0v) is 6.70. The molecule has 0 bridgehead atoms. The van der Waals surface area contributed by atoms with Crippen LogP contribution in [0.4, 0.5) is 0 Å². The minimum atomic E-state index is 0. The number of hydrogen-bond acceptors (Lipinski definition) is 0.